The molecule has 1 aliphatic heterocycles. The molecule has 2 aromatic rings. The number of benzene rings is 2. The third kappa shape index (κ3) is 3.42. The molecule has 6 heteroatoms. The lowest BCUT2D eigenvalue weighted by atomic mass is 10.2. The van der Waals surface area contributed by atoms with Gasteiger partial charge in [0.1, 0.15) is 0 Å². The predicted octanol–water partition coefficient (Wildman–Crippen LogP) is 2.39. The van der Waals surface area contributed by atoms with Gasteiger partial charge in [0.15, 0.2) is 0 Å². The molecule has 1 heterocycles. The van der Waals surface area contributed by atoms with Gasteiger partial charge in [-0.05, 0) is 36.2 Å². The molecule has 24 heavy (non-hydrogen) atoms. The van der Waals surface area contributed by atoms with E-state index in [2.05, 4.69) is 5.32 Å². The van der Waals surface area contributed by atoms with Crippen molar-refractivity contribution in [1.29, 1.82) is 5.26 Å². The second kappa shape index (κ2) is 6.63. The van der Waals surface area contributed by atoms with Gasteiger partial charge in [-0.1, -0.05) is 30.3 Å². The van der Waals surface area contributed by atoms with E-state index in [1.165, 1.54) is 4.31 Å². The molecule has 0 radical (unpaired) electrons. The Morgan fingerprint density at radius 2 is 2.04 bits per heavy atom. The highest BCUT2D eigenvalue weighted by Gasteiger charge is 2.28. The summed E-state index contributed by atoms with van der Waals surface area (Å²) in [6.45, 7) is 3.01. The van der Waals surface area contributed by atoms with E-state index in [9.17, 15) is 8.42 Å². The van der Waals surface area contributed by atoms with E-state index in [4.69, 9.17) is 5.26 Å². The highest BCUT2D eigenvalue weighted by Crippen LogP contribution is 2.27. The van der Waals surface area contributed by atoms with Crippen molar-refractivity contribution < 1.29 is 8.42 Å². The van der Waals surface area contributed by atoms with Crippen molar-refractivity contribution in [3.8, 4) is 6.07 Å². The minimum absolute atomic E-state index is 0.0533. The Balaban J connectivity index is 1.97. The van der Waals surface area contributed by atoms with Crippen LogP contribution in [-0.4, -0.2) is 21.0 Å². The molecule has 0 bridgehead atoms. The van der Waals surface area contributed by atoms with E-state index in [-0.39, 0.29) is 11.8 Å². The van der Waals surface area contributed by atoms with Gasteiger partial charge in [0.05, 0.1) is 23.1 Å². The molecule has 1 aliphatic rings. The van der Waals surface area contributed by atoms with Crippen LogP contribution < -0.4 is 9.62 Å². The molecule has 0 amide bonds. The summed E-state index contributed by atoms with van der Waals surface area (Å²) in [5.74, 6) is -0.121. The van der Waals surface area contributed by atoms with Crippen LogP contribution in [0.3, 0.4) is 0 Å². The molecule has 0 saturated carbocycles. The van der Waals surface area contributed by atoms with E-state index in [1.54, 1.807) is 24.3 Å². The number of fused-ring (bicyclic) bond motifs is 1. The number of nitrogens with zero attached hydrogens (tertiary/aromatic N) is 2. The smallest absolute Gasteiger partial charge is 0.239 e. The Morgan fingerprint density at radius 1 is 1.25 bits per heavy atom. The molecule has 1 N–H and O–H groups in total. The summed E-state index contributed by atoms with van der Waals surface area (Å²) in [6, 6.07) is 16.4. The van der Waals surface area contributed by atoms with Gasteiger partial charge in [0, 0.05) is 19.1 Å². The highest BCUT2D eigenvalue weighted by molar-refractivity contribution is 7.92. The monoisotopic (exact) mass is 341 g/mol. The normalized spacial score (nSPS) is 17.7. The van der Waals surface area contributed by atoms with E-state index in [1.807, 2.05) is 37.3 Å². The van der Waals surface area contributed by atoms with Crippen molar-refractivity contribution in [2.24, 2.45) is 0 Å². The molecule has 3 rings (SSSR count). The number of hydrogen-bond donors (Lipinski definition) is 1. The zero-order valence-corrected chi connectivity index (χ0v) is 14.3. The number of rotatable bonds is 3. The first kappa shape index (κ1) is 16.5. The number of para-hydroxylation sites is 1. The van der Waals surface area contributed by atoms with Crippen LogP contribution in [-0.2, 0) is 22.3 Å². The molecule has 124 valence electrons. The molecule has 0 aromatic heterocycles. The van der Waals surface area contributed by atoms with Crippen LogP contribution in [0.1, 0.15) is 23.6 Å². The van der Waals surface area contributed by atoms with E-state index in [0.29, 0.717) is 24.2 Å². The fraction of sp³-hybridized carbons (Fsp3) is 0.278. The van der Waals surface area contributed by atoms with Crippen LogP contribution in [0.15, 0.2) is 48.5 Å². The predicted molar refractivity (Wildman–Crippen MR) is 93.9 cm³/mol. The molecule has 2 aromatic carbocycles. The summed E-state index contributed by atoms with van der Waals surface area (Å²) in [5.41, 5.74) is 2.78. The number of hydrogen-bond acceptors (Lipinski definition) is 4. The summed E-state index contributed by atoms with van der Waals surface area (Å²) < 4.78 is 27.6. The van der Waals surface area contributed by atoms with Crippen molar-refractivity contribution >= 4 is 15.7 Å². The zero-order valence-electron chi connectivity index (χ0n) is 13.4. The molecule has 0 spiro atoms. The average Bonchev–Trinajstić information content (AvgIpc) is 2.75. The fourth-order valence-electron chi connectivity index (χ4n) is 2.88. The van der Waals surface area contributed by atoms with Crippen molar-refractivity contribution in [3.63, 3.8) is 0 Å². The van der Waals surface area contributed by atoms with Gasteiger partial charge < -0.3 is 5.32 Å². The Labute approximate surface area is 142 Å². The lowest BCUT2D eigenvalue weighted by molar-refractivity contribution is 0.555. The highest BCUT2D eigenvalue weighted by atomic mass is 32.2. The second-order valence-corrected chi connectivity index (χ2v) is 7.90. The summed E-state index contributed by atoms with van der Waals surface area (Å²) >= 11 is 0. The van der Waals surface area contributed by atoms with Crippen LogP contribution in [0.5, 0.6) is 0 Å². The van der Waals surface area contributed by atoms with Crippen LogP contribution in [0, 0.1) is 11.3 Å². The van der Waals surface area contributed by atoms with Crippen molar-refractivity contribution in [1.82, 2.24) is 5.32 Å². The fourth-order valence-corrected chi connectivity index (χ4v) is 4.57. The second-order valence-electron chi connectivity index (χ2n) is 6.01. The SMILES string of the molecule is CC1CN(S(=O)(=O)Cc2cccc(C#N)c2)c2ccccc2CN1. The Morgan fingerprint density at radius 3 is 2.83 bits per heavy atom. The topological polar surface area (TPSA) is 73.2 Å². The van der Waals surface area contributed by atoms with Crippen molar-refractivity contribution in [2.45, 2.75) is 25.3 Å². The van der Waals surface area contributed by atoms with Crippen molar-refractivity contribution in [2.75, 3.05) is 10.8 Å². The molecule has 0 aliphatic carbocycles. The van der Waals surface area contributed by atoms with Crippen molar-refractivity contribution in [3.05, 3.63) is 65.2 Å². The van der Waals surface area contributed by atoms with Gasteiger partial charge in [-0.2, -0.15) is 5.26 Å². The maximum Gasteiger partial charge on any atom is 0.239 e. The lowest BCUT2D eigenvalue weighted by Gasteiger charge is -2.26. The summed E-state index contributed by atoms with van der Waals surface area (Å²) in [4.78, 5) is 0. The maximum atomic E-state index is 13.0. The van der Waals surface area contributed by atoms with Gasteiger partial charge in [0.25, 0.3) is 0 Å². The summed E-state index contributed by atoms with van der Waals surface area (Å²) in [5, 5.41) is 12.3. The molecule has 5 nitrogen and oxygen atoms in total. The zero-order chi connectivity index (χ0) is 17.2. The van der Waals surface area contributed by atoms with Crippen LogP contribution >= 0.6 is 0 Å². The first-order valence-electron chi connectivity index (χ1n) is 7.80. The molecule has 0 saturated heterocycles. The lowest BCUT2D eigenvalue weighted by Crippen LogP contribution is -2.40. The van der Waals surface area contributed by atoms with Crippen LogP contribution in [0.4, 0.5) is 5.69 Å². The molecule has 1 atom stereocenters. The molecule has 1 unspecified atom stereocenters. The quantitative estimate of drug-likeness (QED) is 0.930. The standard InChI is InChI=1S/C18H19N3O2S/c1-14-12-21(18-8-3-2-7-17(18)11-20-14)24(22,23)13-16-6-4-5-15(9-16)10-19/h2-9,14,20H,11-13H2,1H3. The van der Waals surface area contributed by atoms with Gasteiger partial charge in [-0.25, -0.2) is 8.42 Å². The minimum Gasteiger partial charge on any atom is -0.308 e. The third-order valence-corrected chi connectivity index (χ3v) is 5.80. The summed E-state index contributed by atoms with van der Waals surface area (Å²) in [6.07, 6.45) is 0. The number of sulfonamides is 1. The van der Waals surface area contributed by atoms with E-state index < -0.39 is 10.0 Å². The van der Waals surface area contributed by atoms with E-state index >= 15 is 0 Å². The summed E-state index contributed by atoms with van der Waals surface area (Å²) in [7, 11) is -3.55. The first-order chi connectivity index (χ1) is 11.5. The number of anilines is 1. The van der Waals surface area contributed by atoms with Gasteiger partial charge in [0.2, 0.25) is 10.0 Å². The minimum atomic E-state index is -3.55. The third-order valence-electron chi connectivity index (χ3n) is 4.08. The first-order valence-corrected chi connectivity index (χ1v) is 9.41. The molecular weight excluding hydrogens is 322 g/mol. The Bertz CT molecular complexity index is 887. The Kier molecular flexibility index (Phi) is 4.56. The largest absolute Gasteiger partial charge is 0.308 e. The number of nitriles is 1. The molecule has 0 fully saturated rings. The van der Waals surface area contributed by atoms with Gasteiger partial charge in [-0.3, -0.25) is 4.31 Å². The maximum absolute atomic E-state index is 13.0. The van der Waals surface area contributed by atoms with Crippen LogP contribution in [0.25, 0.3) is 0 Å². The van der Waals surface area contributed by atoms with Crippen LogP contribution in [0.2, 0.25) is 0 Å². The van der Waals surface area contributed by atoms with Gasteiger partial charge >= 0.3 is 0 Å². The van der Waals surface area contributed by atoms with E-state index in [0.717, 1.165) is 11.3 Å². The average molecular weight is 341 g/mol. The molecular formula is C18H19N3O2S. The number of nitrogens with one attached hydrogen (secondary N) is 1. The van der Waals surface area contributed by atoms with Gasteiger partial charge in [-0.15, -0.1) is 0 Å². The Hall–Kier alpha value is -2.36.